The fourth-order valence-corrected chi connectivity index (χ4v) is 7.47. The van der Waals surface area contributed by atoms with Gasteiger partial charge in [-0.25, -0.2) is 14.1 Å². The molecule has 2 aromatic heterocycles. The quantitative estimate of drug-likeness (QED) is 0.137. The highest BCUT2D eigenvalue weighted by molar-refractivity contribution is 7.52. The number of hydrogen-bond donors (Lipinski definition) is 2. The second-order valence-corrected chi connectivity index (χ2v) is 16.3. The van der Waals surface area contributed by atoms with Gasteiger partial charge in [-0.1, -0.05) is 46.8 Å². The smallest absolute Gasteiger partial charge is 0.459 e. The van der Waals surface area contributed by atoms with E-state index in [-0.39, 0.29) is 28.5 Å². The molecule has 260 valence electrons. The van der Waals surface area contributed by atoms with Crippen LogP contribution in [0.4, 0.5) is 5.82 Å². The molecular weight excluding hydrogens is 639 g/mol. The van der Waals surface area contributed by atoms with Crippen LogP contribution < -0.4 is 15.3 Å². The van der Waals surface area contributed by atoms with Crippen LogP contribution in [0.3, 0.4) is 0 Å². The maximum atomic E-state index is 14.4. The van der Waals surface area contributed by atoms with Gasteiger partial charge in [0.25, 0.3) is 6.26 Å². The predicted octanol–water partition coefficient (Wildman–Crippen LogP) is 5.58. The average molecular weight is 685 g/mol. The Morgan fingerprint density at radius 3 is 2.48 bits per heavy atom. The Morgan fingerprint density at radius 1 is 1.17 bits per heavy atom. The van der Waals surface area contributed by atoms with Crippen LogP contribution >= 0.6 is 7.75 Å². The van der Waals surface area contributed by atoms with Crippen molar-refractivity contribution in [2.24, 2.45) is 5.41 Å². The summed E-state index contributed by atoms with van der Waals surface area (Å²) in [6, 6.07) is 9.55. The number of anilines is 1. The summed E-state index contributed by atoms with van der Waals surface area (Å²) in [5, 5.41) is 16.7. The van der Waals surface area contributed by atoms with Gasteiger partial charge in [0.2, 0.25) is 0 Å². The lowest BCUT2D eigenvalue weighted by molar-refractivity contribution is -0.161. The number of aromatic nitrogens is 3. The highest BCUT2D eigenvalue weighted by atomic mass is 31.2. The first kappa shape index (κ1) is 35.6. The van der Waals surface area contributed by atoms with E-state index in [1.165, 1.54) is 13.3 Å². The van der Waals surface area contributed by atoms with Gasteiger partial charge in [0.15, 0.2) is 17.7 Å². The monoisotopic (exact) mass is 684 g/mol. The van der Waals surface area contributed by atoms with E-state index in [0.717, 1.165) is 18.4 Å². The van der Waals surface area contributed by atoms with Crippen LogP contribution in [-0.4, -0.2) is 57.3 Å². The van der Waals surface area contributed by atoms with E-state index in [0.29, 0.717) is 11.2 Å². The predicted molar refractivity (Wildman–Crippen MR) is 175 cm³/mol. The minimum atomic E-state index is -4.32. The summed E-state index contributed by atoms with van der Waals surface area (Å²) < 4.78 is 51.4. The third-order valence-electron chi connectivity index (χ3n) is 8.41. The number of nitrogen functional groups attached to an aromatic ring is 1. The molecule has 5 atom stereocenters. The second kappa shape index (κ2) is 13.3. The zero-order valence-corrected chi connectivity index (χ0v) is 29.5. The number of nitrogens with two attached hydrogens (primary N) is 1. The molecule has 3 N–H and O–H groups in total. The molecule has 2 fully saturated rings. The van der Waals surface area contributed by atoms with Crippen LogP contribution in [0.2, 0.25) is 0 Å². The molecule has 1 saturated carbocycles. The van der Waals surface area contributed by atoms with Crippen LogP contribution in [0.5, 0.6) is 5.75 Å². The lowest BCUT2D eigenvalue weighted by atomic mass is 9.70. The number of esters is 1. The fraction of sp³-hybridized carbons (Fsp3) is 0.576. The zero-order valence-electron chi connectivity index (χ0n) is 28.6. The molecule has 2 aliphatic rings. The number of rotatable bonds is 12. The number of nitriles is 1. The van der Waals surface area contributed by atoms with Gasteiger partial charge in [0.1, 0.15) is 41.9 Å². The van der Waals surface area contributed by atoms with Crippen molar-refractivity contribution in [1.82, 2.24) is 19.7 Å². The molecule has 0 bridgehead atoms. The van der Waals surface area contributed by atoms with E-state index < -0.39 is 50.5 Å². The van der Waals surface area contributed by atoms with Gasteiger partial charge in [-0.15, -0.1) is 0 Å². The molecule has 3 heterocycles. The lowest BCUT2D eigenvalue weighted by Crippen LogP contribution is -2.44. The first-order valence-corrected chi connectivity index (χ1v) is 17.4. The molecule has 3 aromatic rings. The molecule has 48 heavy (non-hydrogen) atoms. The van der Waals surface area contributed by atoms with Crippen LogP contribution in [0, 0.1) is 16.9 Å². The highest BCUT2D eigenvalue weighted by Crippen LogP contribution is 2.48. The molecule has 3 unspecified atom stereocenters. The molecule has 14 nitrogen and oxygen atoms in total. The van der Waals surface area contributed by atoms with E-state index in [4.69, 9.17) is 33.7 Å². The first-order chi connectivity index (χ1) is 22.4. The Balaban J connectivity index is 1.39. The number of ether oxygens (including phenoxy) is 4. The average Bonchev–Trinajstić information content (AvgIpc) is 3.55. The molecule has 15 heteroatoms. The lowest BCUT2D eigenvalue weighted by Gasteiger charge is -2.42. The zero-order chi connectivity index (χ0) is 35.1. The summed E-state index contributed by atoms with van der Waals surface area (Å²) in [5.41, 5.74) is 8.18. The Labute approximate surface area is 280 Å². The molecule has 0 radical (unpaired) electrons. The molecule has 1 aliphatic carbocycles. The van der Waals surface area contributed by atoms with Crippen molar-refractivity contribution in [3.05, 3.63) is 54.0 Å². The van der Waals surface area contributed by atoms with Crippen molar-refractivity contribution in [1.29, 1.82) is 5.26 Å². The van der Waals surface area contributed by atoms with Gasteiger partial charge in [0.05, 0.1) is 12.3 Å². The van der Waals surface area contributed by atoms with Crippen molar-refractivity contribution in [2.75, 3.05) is 12.3 Å². The van der Waals surface area contributed by atoms with Gasteiger partial charge in [-0.05, 0) is 74.3 Å². The molecule has 1 aromatic carbocycles. The van der Waals surface area contributed by atoms with Crippen molar-refractivity contribution < 1.29 is 37.4 Å². The summed E-state index contributed by atoms with van der Waals surface area (Å²) in [6.45, 7) is 14.9. The van der Waals surface area contributed by atoms with E-state index >= 15 is 0 Å². The third-order valence-corrected chi connectivity index (χ3v) is 10.0. The van der Waals surface area contributed by atoms with Crippen molar-refractivity contribution in [3.63, 3.8) is 0 Å². The Kier molecular flexibility index (Phi) is 9.85. The normalized spacial score (nSPS) is 23.0. The fourth-order valence-electron chi connectivity index (χ4n) is 5.97. The van der Waals surface area contributed by atoms with Crippen molar-refractivity contribution in [3.8, 4) is 12.0 Å². The van der Waals surface area contributed by atoms with E-state index in [9.17, 15) is 14.6 Å². The Bertz CT molecular complexity index is 1710. The topological polar surface area (TPSA) is 182 Å². The number of benzene rings is 1. The van der Waals surface area contributed by atoms with Gasteiger partial charge >= 0.3 is 13.7 Å². The number of fused-ring (bicyclic) bond motifs is 1. The van der Waals surface area contributed by atoms with E-state index in [1.807, 2.05) is 12.1 Å². The maximum Gasteiger partial charge on any atom is 0.459 e. The van der Waals surface area contributed by atoms with Crippen molar-refractivity contribution >= 4 is 25.1 Å². The Hall–Kier alpha value is -3.73. The van der Waals surface area contributed by atoms with Crippen LogP contribution in [0.15, 0.2) is 42.7 Å². The second-order valence-electron chi connectivity index (χ2n) is 14.6. The van der Waals surface area contributed by atoms with Crippen LogP contribution in [0.1, 0.15) is 85.6 Å². The molecule has 1 aliphatic heterocycles. The van der Waals surface area contributed by atoms with E-state index in [1.54, 1.807) is 48.9 Å². The maximum absolute atomic E-state index is 14.4. The van der Waals surface area contributed by atoms with Gasteiger partial charge in [-0.2, -0.15) is 15.4 Å². The number of carbonyl (C=O) groups is 1. The Morgan fingerprint density at radius 2 is 1.85 bits per heavy atom. The summed E-state index contributed by atoms with van der Waals surface area (Å²) >= 11 is 0. The van der Waals surface area contributed by atoms with E-state index in [2.05, 4.69) is 49.8 Å². The number of nitrogens with zero attached hydrogens (tertiary/aromatic N) is 4. The summed E-state index contributed by atoms with van der Waals surface area (Å²) in [5.74, 6) is -1.18. The van der Waals surface area contributed by atoms with Gasteiger partial charge in [-0.3, -0.25) is 9.32 Å². The molecule has 1 saturated heterocycles. The van der Waals surface area contributed by atoms with Gasteiger partial charge < -0.3 is 29.2 Å². The molecular formula is C33H45N6O8P. The SMILES string of the molecule is CC(NP(=O)(OCC(OC#N)[C@H]1OC(C)(C)O[C@H]1c1ccc2c(N)ncnn12)Oc1ccc(C(C)(C)C)cc1)C(=O)OC1CC(C)(C)C1. The molecule has 0 spiro atoms. The van der Waals surface area contributed by atoms with Crippen molar-refractivity contribution in [2.45, 2.75) is 110 Å². The summed E-state index contributed by atoms with van der Waals surface area (Å²) in [7, 11) is -4.32. The standard InChI is InChI=1S/C33H45N6O8P/c1-20(30(40)44-23-15-32(5,6)16-23)38-48(41,47-22-11-9-21(10-12-22)31(2,3)4)43-17-26(42-18-34)28-27(45-33(7,8)46-28)24-13-14-25-29(35)36-19-37-39(24)25/h9-14,19-20,23,26-28H,15-17H2,1-8H3,(H,38,41)(H2,35,36,37)/t20?,26?,27-,28+,48?/m0/s1. The summed E-state index contributed by atoms with van der Waals surface area (Å²) in [6.07, 6.45) is 1.40. The number of nitrogens with one attached hydrogen (secondary N) is 1. The first-order valence-electron chi connectivity index (χ1n) is 15.9. The molecule has 0 amide bonds. The molecule has 5 rings (SSSR count). The third kappa shape index (κ3) is 8.10. The largest absolute Gasteiger partial charge is 0.461 e. The van der Waals surface area contributed by atoms with Crippen LogP contribution in [0.25, 0.3) is 5.52 Å². The number of hydrogen-bond acceptors (Lipinski definition) is 12. The minimum Gasteiger partial charge on any atom is -0.461 e. The summed E-state index contributed by atoms with van der Waals surface area (Å²) in [4.78, 5) is 17.1. The van der Waals surface area contributed by atoms with Crippen LogP contribution in [-0.2, 0) is 38.2 Å². The van der Waals surface area contributed by atoms with Gasteiger partial charge in [0, 0.05) is 0 Å². The number of carbonyl (C=O) groups excluding carboxylic acids is 1. The minimum absolute atomic E-state index is 0.100. The highest BCUT2D eigenvalue weighted by Gasteiger charge is 2.49.